The lowest BCUT2D eigenvalue weighted by Crippen LogP contribution is -2.26. The monoisotopic (exact) mass is 517 g/mol. The molecular weight excluding hydrogens is 494 g/mol. The number of hydrogen-bond donors (Lipinski definition) is 0. The van der Waals surface area contributed by atoms with Crippen LogP contribution in [0.3, 0.4) is 0 Å². The zero-order valence-corrected chi connectivity index (χ0v) is 22.0. The molecule has 7 rings (SSSR count). The van der Waals surface area contributed by atoms with Crippen LogP contribution in [0.15, 0.2) is 103 Å². The quantitative estimate of drug-likeness (QED) is 0.229. The summed E-state index contributed by atoms with van der Waals surface area (Å²) in [6.07, 6.45) is 0. The molecule has 0 radical (unpaired) electrons. The number of anilines is 3. The van der Waals surface area contributed by atoms with Crippen molar-refractivity contribution in [2.24, 2.45) is 0 Å². The average molecular weight is 518 g/mol. The Balaban J connectivity index is 1.58. The van der Waals surface area contributed by atoms with E-state index < -0.39 is 5.41 Å². The smallest absolute Gasteiger partial charge is 0.151 e. The van der Waals surface area contributed by atoms with E-state index in [0.29, 0.717) is 22.4 Å². The van der Waals surface area contributed by atoms with E-state index in [0.717, 1.165) is 51.0 Å². The Labute approximate surface area is 232 Å². The molecule has 40 heavy (non-hydrogen) atoms. The molecule has 5 aromatic carbocycles. The van der Waals surface area contributed by atoms with Crippen LogP contribution in [0.1, 0.15) is 36.1 Å². The number of hydrogen-bond acceptors (Lipinski definition) is 5. The molecule has 0 saturated carbocycles. The molecular formula is C35H23N3O2. The van der Waals surface area contributed by atoms with Gasteiger partial charge in [0.2, 0.25) is 0 Å². The molecule has 0 aromatic heterocycles. The van der Waals surface area contributed by atoms with E-state index in [1.54, 1.807) is 18.2 Å². The van der Waals surface area contributed by atoms with Crippen molar-refractivity contribution in [3.63, 3.8) is 0 Å². The molecule has 0 saturated heterocycles. The van der Waals surface area contributed by atoms with Crippen LogP contribution >= 0.6 is 0 Å². The maximum absolute atomic E-state index is 10.2. The number of nitrogens with zero attached hydrogens (tertiary/aromatic N) is 3. The number of nitriles is 2. The summed E-state index contributed by atoms with van der Waals surface area (Å²) in [5, 5.41) is 20.3. The molecule has 0 aliphatic carbocycles. The lowest BCUT2D eigenvalue weighted by atomic mass is 9.72. The topological polar surface area (TPSA) is 69.3 Å². The molecule has 0 fully saturated rings. The summed E-state index contributed by atoms with van der Waals surface area (Å²) < 4.78 is 12.9. The van der Waals surface area contributed by atoms with Crippen LogP contribution in [0.25, 0.3) is 11.1 Å². The standard InChI is InChI=1S/C35H23N3O2/c1-35(2)26-12-3-6-15-29(26)39-32-19-24(18-25(34(32)35)33-22(20-36)10-9-11-23(33)21-37)38-27-13-4-7-16-30(27)40-31-17-8-5-14-28(31)38/h3-19H,1-2H3. The Morgan fingerprint density at radius 2 is 1.18 bits per heavy atom. The lowest BCUT2D eigenvalue weighted by molar-refractivity contribution is 0.419. The van der Waals surface area contributed by atoms with Crippen LogP contribution in [-0.2, 0) is 5.41 Å². The summed E-state index contributed by atoms with van der Waals surface area (Å²) in [7, 11) is 0. The summed E-state index contributed by atoms with van der Waals surface area (Å²) >= 11 is 0. The third kappa shape index (κ3) is 3.39. The summed E-state index contributed by atoms with van der Waals surface area (Å²) in [6.45, 7) is 4.33. The van der Waals surface area contributed by atoms with Gasteiger partial charge >= 0.3 is 0 Å². The first-order chi connectivity index (χ1) is 19.5. The number of rotatable bonds is 2. The largest absolute Gasteiger partial charge is 0.457 e. The average Bonchev–Trinajstić information content (AvgIpc) is 2.98. The summed E-state index contributed by atoms with van der Waals surface area (Å²) in [6, 6.07) is 37.9. The van der Waals surface area contributed by atoms with Gasteiger partial charge in [0.25, 0.3) is 0 Å². The zero-order valence-electron chi connectivity index (χ0n) is 22.0. The second-order valence-corrected chi connectivity index (χ2v) is 10.4. The third-order valence-electron chi connectivity index (χ3n) is 7.76. The minimum atomic E-state index is -0.464. The van der Waals surface area contributed by atoms with Crippen molar-refractivity contribution in [2.75, 3.05) is 4.90 Å². The first kappa shape index (κ1) is 23.6. The maximum Gasteiger partial charge on any atom is 0.151 e. The lowest BCUT2D eigenvalue weighted by Gasteiger charge is -2.38. The molecule has 5 nitrogen and oxygen atoms in total. The van der Waals surface area contributed by atoms with Crippen LogP contribution in [0.4, 0.5) is 17.1 Å². The normalized spacial score (nSPS) is 13.8. The van der Waals surface area contributed by atoms with Crippen molar-refractivity contribution in [1.29, 1.82) is 10.5 Å². The van der Waals surface area contributed by atoms with Gasteiger partial charge in [-0.15, -0.1) is 0 Å². The van der Waals surface area contributed by atoms with Crippen molar-refractivity contribution < 1.29 is 9.47 Å². The molecule has 190 valence electrons. The fourth-order valence-corrected chi connectivity index (χ4v) is 5.99. The summed E-state index contributed by atoms with van der Waals surface area (Å²) in [4.78, 5) is 2.15. The number of benzene rings is 5. The highest BCUT2D eigenvalue weighted by molar-refractivity contribution is 5.91. The predicted molar refractivity (Wildman–Crippen MR) is 155 cm³/mol. The molecule has 5 aromatic rings. The van der Waals surface area contributed by atoms with Crippen LogP contribution in [0.5, 0.6) is 23.0 Å². The molecule has 2 heterocycles. The van der Waals surface area contributed by atoms with Gasteiger partial charge < -0.3 is 14.4 Å². The van der Waals surface area contributed by atoms with Crippen LogP contribution < -0.4 is 14.4 Å². The van der Waals surface area contributed by atoms with E-state index in [4.69, 9.17) is 9.47 Å². The molecule has 2 aliphatic heterocycles. The van der Waals surface area contributed by atoms with E-state index in [-0.39, 0.29) is 0 Å². The number of fused-ring (bicyclic) bond motifs is 4. The maximum atomic E-state index is 10.2. The van der Waals surface area contributed by atoms with Crippen LogP contribution in [0, 0.1) is 22.7 Å². The minimum Gasteiger partial charge on any atom is -0.457 e. The van der Waals surface area contributed by atoms with Gasteiger partial charge in [0.1, 0.15) is 11.5 Å². The van der Waals surface area contributed by atoms with Gasteiger partial charge in [0.05, 0.1) is 40.3 Å². The fraction of sp³-hybridized carbons (Fsp3) is 0.0857. The van der Waals surface area contributed by atoms with Gasteiger partial charge in [0, 0.05) is 28.2 Å². The van der Waals surface area contributed by atoms with Crippen molar-refractivity contribution >= 4 is 17.1 Å². The molecule has 0 bridgehead atoms. The number of para-hydroxylation sites is 5. The van der Waals surface area contributed by atoms with E-state index in [1.165, 1.54) is 0 Å². The van der Waals surface area contributed by atoms with Crippen molar-refractivity contribution in [1.82, 2.24) is 0 Å². The molecule has 0 amide bonds. The Kier molecular flexibility index (Phi) is 5.17. The summed E-state index contributed by atoms with van der Waals surface area (Å²) in [5.74, 6) is 2.96. The Morgan fingerprint density at radius 1 is 0.625 bits per heavy atom. The molecule has 0 unspecified atom stereocenters. The molecule has 0 N–H and O–H groups in total. The minimum absolute atomic E-state index is 0.441. The van der Waals surface area contributed by atoms with Crippen LogP contribution in [-0.4, -0.2) is 0 Å². The second-order valence-electron chi connectivity index (χ2n) is 10.4. The van der Waals surface area contributed by atoms with Crippen molar-refractivity contribution in [3.05, 3.63) is 125 Å². The Bertz CT molecular complexity index is 1850. The molecule has 0 atom stereocenters. The molecule has 0 spiro atoms. The second kappa shape index (κ2) is 8.76. The first-order valence-corrected chi connectivity index (χ1v) is 13.1. The van der Waals surface area contributed by atoms with E-state index in [9.17, 15) is 10.5 Å². The Hall–Kier alpha value is -5.52. The highest BCUT2D eigenvalue weighted by atomic mass is 16.5. The predicted octanol–water partition coefficient (Wildman–Crippen LogP) is 9.10. The van der Waals surface area contributed by atoms with Gasteiger partial charge in [0.15, 0.2) is 11.5 Å². The fourth-order valence-electron chi connectivity index (χ4n) is 5.99. The zero-order chi connectivity index (χ0) is 27.4. The van der Waals surface area contributed by atoms with E-state index in [1.807, 2.05) is 66.7 Å². The van der Waals surface area contributed by atoms with Gasteiger partial charge in [-0.2, -0.15) is 10.5 Å². The van der Waals surface area contributed by atoms with E-state index in [2.05, 4.69) is 49.1 Å². The van der Waals surface area contributed by atoms with Gasteiger partial charge in [-0.05, 0) is 54.1 Å². The van der Waals surface area contributed by atoms with Gasteiger partial charge in [-0.1, -0.05) is 62.4 Å². The summed E-state index contributed by atoms with van der Waals surface area (Å²) in [5.41, 5.74) is 6.41. The molecule has 2 aliphatic rings. The van der Waals surface area contributed by atoms with Gasteiger partial charge in [-0.25, -0.2) is 0 Å². The SMILES string of the molecule is CC1(C)c2ccccc2Oc2cc(N3c4ccccc4Oc4ccccc43)cc(-c3c(C#N)cccc3C#N)c21. The van der Waals surface area contributed by atoms with E-state index >= 15 is 0 Å². The molecule has 5 heteroatoms. The third-order valence-corrected chi connectivity index (χ3v) is 7.76. The highest BCUT2D eigenvalue weighted by Crippen LogP contribution is 2.56. The van der Waals surface area contributed by atoms with Crippen LogP contribution in [0.2, 0.25) is 0 Å². The number of ether oxygens (including phenoxy) is 2. The van der Waals surface area contributed by atoms with Crippen molar-refractivity contribution in [2.45, 2.75) is 19.3 Å². The Morgan fingerprint density at radius 3 is 1.80 bits per heavy atom. The van der Waals surface area contributed by atoms with Crippen molar-refractivity contribution in [3.8, 4) is 46.3 Å². The highest BCUT2D eigenvalue weighted by Gasteiger charge is 2.38. The van der Waals surface area contributed by atoms with Gasteiger partial charge in [-0.3, -0.25) is 0 Å². The first-order valence-electron chi connectivity index (χ1n) is 13.1.